The summed E-state index contributed by atoms with van der Waals surface area (Å²) in [6.07, 6.45) is 2.53. The Bertz CT molecular complexity index is 517. The Labute approximate surface area is 99.0 Å². The van der Waals surface area contributed by atoms with Gasteiger partial charge in [-0.3, -0.25) is 4.79 Å². The molecule has 2 rings (SSSR count). The molecule has 2 N–H and O–H groups in total. The molecule has 88 valence electrons. The Morgan fingerprint density at radius 1 is 1.41 bits per heavy atom. The van der Waals surface area contributed by atoms with Crippen LogP contribution in [0.3, 0.4) is 0 Å². The average molecular weight is 231 g/mol. The van der Waals surface area contributed by atoms with E-state index in [1.807, 2.05) is 6.07 Å². The SMILES string of the molecule is CCC(=O)Nc1ccc2c(c1)C=C(C(=O)O)C2. The van der Waals surface area contributed by atoms with E-state index in [9.17, 15) is 9.59 Å². The van der Waals surface area contributed by atoms with Gasteiger partial charge in [0.15, 0.2) is 0 Å². The molecule has 0 radical (unpaired) electrons. The highest BCUT2D eigenvalue weighted by molar-refractivity contribution is 5.96. The molecular formula is C13H13NO3. The van der Waals surface area contributed by atoms with Gasteiger partial charge in [-0.15, -0.1) is 0 Å². The summed E-state index contributed by atoms with van der Waals surface area (Å²) in [6, 6.07) is 5.46. The highest BCUT2D eigenvalue weighted by Gasteiger charge is 2.17. The van der Waals surface area contributed by atoms with Crippen LogP contribution >= 0.6 is 0 Å². The van der Waals surface area contributed by atoms with E-state index in [0.29, 0.717) is 24.1 Å². The van der Waals surface area contributed by atoms with Crippen molar-refractivity contribution in [2.24, 2.45) is 0 Å². The van der Waals surface area contributed by atoms with E-state index in [1.165, 1.54) is 0 Å². The van der Waals surface area contributed by atoms with Gasteiger partial charge in [0.2, 0.25) is 5.91 Å². The molecule has 0 saturated carbocycles. The Morgan fingerprint density at radius 3 is 2.82 bits per heavy atom. The average Bonchev–Trinajstić information content (AvgIpc) is 2.72. The maximum atomic E-state index is 11.2. The largest absolute Gasteiger partial charge is 0.478 e. The van der Waals surface area contributed by atoms with Crippen molar-refractivity contribution in [3.8, 4) is 0 Å². The minimum absolute atomic E-state index is 0.0506. The fourth-order valence-electron chi connectivity index (χ4n) is 1.80. The zero-order valence-corrected chi connectivity index (χ0v) is 9.49. The number of benzene rings is 1. The number of nitrogens with one attached hydrogen (secondary N) is 1. The van der Waals surface area contributed by atoms with E-state index in [1.54, 1.807) is 25.1 Å². The summed E-state index contributed by atoms with van der Waals surface area (Å²) in [6.45, 7) is 1.78. The van der Waals surface area contributed by atoms with Crippen molar-refractivity contribution in [2.45, 2.75) is 19.8 Å². The second-order valence-corrected chi connectivity index (χ2v) is 3.97. The van der Waals surface area contributed by atoms with Crippen LogP contribution in [0, 0.1) is 0 Å². The number of fused-ring (bicyclic) bond motifs is 1. The third kappa shape index (κ3) is 2.36. The molecule has 1 aromatic rings. The molecule has 0 spiro atoms. The second kappa shape index (κ2) is 4.41. The molecule has 1 amide bonds. The van der Waals surface area contributed by atoms with E-state index in [4.69, 9.17) is 5.11 Å². The summed E-state index contributed by atoms with van der Waals surface area (Å²) in [4.78, 5) is 22.1. The van der Waals surface area contributed by atoms with Crippen molar-refractivity contribution in [1.29, 1.82) is 0 Å². The van der Waals surface area contributed by atoms with Crippen molar-refractivity contribution >= 4 is 23.6 Å². The van der Waals surface area contributed by atoms with Gasteiger partial charge in [-0.1, -0.05) is 13.0 Å². The molecule has 0 heterocycles. The van der Waals surface area contributed by atoms with Gasteiger partial charge in [-0.05, 0) is 29.3 Å². The van der Waals surface area contributed by atoms with Crippen LogP contribution < -0.4 is 5.32 Å². The topological polar surface area (TPSA) is 66.4 Å². The highest BCUT2D eigenvalue weighted by Crippen LogP contribution is 2.27. The highest BCUT2D eigenvalue weighted by atomic mass is 16.4. The number of carbonyl (C=O) groups excluding carboxylic acids is 1. The lowest BCUT2D eigenvalue weighted by Crippen LogP contribution is -2.09. The first kappa shape index (κ1) is 11.4. The van der Waals surface area contributed by atoms with Gasteiger partial charge in [-0.2, -0.15) is 0 Å². The van der Waals surface area contributed by atoms with Crippen LogP contribution in [0.2, 0.25) is 0 Å². The van der Waals surface area contributed by atoms with Crippen molar-refractivity contribution in [1.82, 2.24) is 0 Å². The number of hydrogen-bond acceptors (Lipinski definition) is 2. The summed E-state index contributed by atoms with van der Waals surface area (Å²) >= 11 is 0. The van der Waals surface area contributed by atoms with Crippen LogP contribution in [0.25, 0.3) is 6.08 Å². The predicted molar refractivity (Wildman–Crippen MR) is 64.7 cm³/mol. The Hall–Kier alpha value is -2.10. The predicted octanol–water partition coefficient (Wildman–Crippen LogP) is 2.06. The molecular weight excluding hydrogens is 218 g/mol. The summed E-state index contributed by atoms with van der Waals surface area (Å²) in [5.74, 6) is -0.939. The van der Waals surface area contributed by atoms with Crippen LogP contribution in [-0.2, 0) is 16.0 Å². The zero-order chi connectivity index (χ0) is 12.4. The zero-order valence-electron chi connectivity index (χ0n) is 9.49. The third-order valence-corrected chi connectivity index (χ3v) is 2.74. The maximum absolute atomic E-state index is 11.2. The molecule has 0 aliphatic heterocycles. The van der Waals surface area contributed by atoms with Crippen LogP contribution in [0.15, 0.2) is 23.8 Å². The van der Waals surface area contributed by atoms with Gasteiger partial charge in [0, 0.05) is 24.1 Å². The first-order valence-electron chi connectivity index (χ1n) is 5.47. The maximum Gasteiger partial charge on any atom is 0.331 e. The fourth-order valence-corrected chi connectivity index (χ4v) is 1.80. The second-order valence-electron chi connectivity index (χ2n) is 3.97. The van der Waals surface area contributed by atoms with Crippen molar-refractivity contribution in [3.63, 3.8) is 0 Å². The third-order valence-electron chi connectivity index (χ3n) is 2.74. The number of carbonyl (C=O) groups is 2. The number of carboxylic acids is 1. The molecule has 1 aromatic carbocycles. The molecule has 0 unspecified atom stereocenters. The van der Waals surface area contributed by atoms with Gasteiger partial charge in [0.1, 0.15) is 0 Å². The van der Waals surface area contributed by atoms with E-state index >= 15 is 0 Å². The normalized spacial score (nSPS) is 12.9. The molecule has 1 aliphatic rings. The van der Waals surface area contributed by atoms with E-state index in [0.717, 1.165) is 11.1 Å². The van der Waals surface area contributed by atoms with E-state index in [-0.39, 0.29) is 5.91 Å². The van der Waals surface area contributed by atoms with Crippen molar-refractivity contribution in [2.75, 3.05) is 5.32 Å². The van der Waals surface area contributed by atoms with Gasteiger partial charge in [-0.25, -0.2) is 4.79 Å². The fraction of sp³-hybridized carbons (Fsp3) is 0.231. The summed E-state index contributed by atoms with van der Waals surface area (Å²) < 4.78 is 0. The number of rotatable bonds is 3. The summed E-state index contributed by atoms with van der Waals surface area (Å²) in [5.41, 5.74) is 2.95. The van der Waals surface area contributed by atoms with Gasteiger partial charge in [0.25, 0.3) is 0 Å². The lowest BCUT2D eigenvalue weighted by atomic mass is 10.1. The minimum Gasteiger partial charge on any atom is -0.478 e. The molecule has 4 nitrogen and oxygen atoms in total. The Morgan fingerprint density at radius 2 is 2.18 bits per heavy atom. The number of carboxylic acid groups (broad SMARTS) is 1. The van der Waals surface area contributed by atoms with E-state index < -0.39 is 5.97 Å². The van der Waals surface area contributed by atoms with Crippen LogP contribution in [-0.4, -0.2) is 17.0 Å². The Kier molecular flexibility index (Phi) is 2.95. The molecule has 4 heteroatoms. The minimum atomic E-state index is -0.889. The number of hydrogen-bond donors (Lipinski definition) is 2. The lowest BCUT2D eigenvalue weighted by Gasteiger charge is -2.05. The lowest BCUT2D eigenvalue weighted by molar-refractivity contribution is -0.132. The van der Waals surface area contributed by atoms with Crippen molar-refractivity contribution in [3.05, 3.63) is 34.9 Å². The van der Waals surface area contributed by atoms with Gasteiger partial charge >= 0.3 is 5.97 Å². The smallest absolute Gasteiger partial charge is 0.331 e. The Balaban J connectivity index is 2.24. The van der Waals surface area contributed by atoms with Crippen LogP contribution in [0.5, 0.6) is 0 Å². The molecule has 0 aromatic heterocycles. The number of amides is 1. The standard InChI is InChI=1S/C13H13NO3/c1-2-12(15)14-11-4-3-8-5-10(13(16)17)6-9(8)7-11/h3-4,6-7H,2,5H2,1H3,(H,14,15)(H,16,17). The van der Waals surface area contributed by atoms with E-state index in [2.05, 4.69) is 5.32 Å². The number of aliphatic carboxylic acids is 1. The van der Waals surface area contributed by atoms with Crippen molar-refractivity contribution < 1.29 is 14.7 Å². The summed E-state index contributed by atoms with van der Waals surface area (Å²) in [7, 11) is 0. The molecule has 0 saturated heterocycles. The first-order chi connectivity index (χ1) is 8.10. The molecule has 17 heavy (non-hydrogen) atoms. The summed E-state index contributed by atoms with van der Waals surface area (Å²) in [5, 5.41) is 11.6. The quantitative estimate of drug-likeness (QED) is 0.836. The van der Waals surface area contributed by atoms with Gasteiger partial charge < -0.3 is 10.4 Å². The van der Waals surface area contributed by atoms with Gasteiger partial charge in [0.05, 0.1) is 0 Å². The molecule has 0 fully saturated rings. The molecule has 1 aliphatic carbocycles. The first-order valence-corrected chi connectivity index (χ1v) is 5.47. The molecule has 0 bridgehead atoms. The molecule has 0 atom stereocenters. The van der Waals surface area contributed by atoms with Crippen LogP contribution in [0.4, 0.5) is 5.69 Å². The number of anilines is 1. The van der Waals surface area contributed by atoms with Crippen LogP contribution in [0.1, 0.15) is 24.5 Å². The monoisotopic (exact) mass is 231 g/mol.